The number of hydrogen-bond acceptors (Lipinski definition) is 13. The van der Waals surface area contributed by atoms with Crippen LogP contribution in [0.15, 0.2) is 42.0 Å². The van der Waals surface area contributed by atoms with Crippen LogP contribution in [0.25, 0.3) is 11.8 Å². The fourth-order valence-electron chi connectivity index (χ4n) is 5.33. The molecule has 2 aliphatic heterocycles. The highest BCUT2D eigenvalue weighted by Gasteiger charge is 2.61. The van der Waals surface area contributed by atoms with E-state index < -0.39 is 89.6 Å². The Hall–Kier alpha value is -3.44. The maximum Gasteiger partial charge on any atom is 0.211 e. The van der Waals surface area contributed by atoms with E-state index in [1.807, 2.05) is 0 Å². The molecule has 1 aromatic carbocycles. The molecule has 2 saturated heterocycles. The average Bonchev–Trinajstić information content (AvgIpc) is 3.54. The molecule has 220 valence electrons. The van der Waals surface area contributed by atoms with E-state index in [0.717, 1.165) is 6.08 Å². The largest absolute Gasteiger partial charge is 0.508 e. The van der Waals surface area contributed by atoms with E-state index in [1.54, 1.807) is 0 Å². The van der Waals surface area contributed by atoms with Crippen LogP contribution in [0.5, 0.6) is 5.75 Å². The number of aromatic nitrogens is 1. The summed E-state index contributed by atoms with van der Waals surface area (Å²) in [5.74, 6) is -3.39. The fraction of sp³-hybridized carbons (Fsp3) is 0.407. The molecule has 0 bridgehead atoms. The van der Waals surface area contributed by atoms with Gasteiger partial charge in [-0.1, -0.05) is 18.2 Å². The molecule has 9 unspecified atom stereocenters. The van der Waals surface area contributed by atoms with E-state index in [1.165, 1.54) is 36.4 Å². The van der Waals surface area contributed by atoms with Gasteiger partial charge < -0.3 is 60.4 Å². The molecule has 0 amide bonds. The summed E-state index contributed by atoms with van der Waals surface area (Å²) in [7, 11) is 0. The maximum atomic E-state index is 13.9. The first-order valence-corrected chi connectivity index (χ1v) is 12.6. The minimum atomic E-state index is -3.01. The smallest absolute Gasteiger partial charge is 0.211 e. The van der Waals surface area contributed by atoms with Crippen molar-refractivity contribution in [1.29, 1.82) is 0 Å². The van der Waals surface area contributed by atoms with Crippen LogP contribution in [0.3, 0.4) is 0 Å². The van der Waals surface area contributed by atoms with Crippen molar-refractivity contribution in [3.8, 4) is 5.75 Å². The summed E-state index contributed by atoms with van der Waals surface area (Å²) >= 11 is 0. The predicted octanol–water partition coefficient (Wildman–Crippen LogP) is -2.32. The van der Waals surface area contributed by atoms with Gasteiger partial charge >= 0.3 is 0 Å². The molecule has 1 aromatic heterocycles. The molecule has 10 N–H and O–H groups in total. The molecule has 2 aromatic rings. The van der Waals surface area contributed by atoms with Crippen molar-refractivity contribution in [3.05, 3.63) is 64.5 Å². The maximum absolute atomic E-state index is 13.9. The number of aliphatic hydroxyl groups is 8. The molecule has 1 aliphatic carbocycles. The number of Topliss-reactive ketones (excluding diaryl/α,β-unsaturated/α-hetero) is 1. The van der Waals surface area contributed by atoms with E-state index in [4.69, 9.17) is 9.47 Å². The molecular formula is C27H29NO13. The number of aromatic amines is 1. The molecule has 0 saturated carbocycles. The van der Waals surface area contributed by atoms with E-state index in [9.17, 15) is 55.5 Å². The van der Waals surface area contributed by atoms with E-state index in [2.05, 4.69) is 4.98 Å². The number of benzene rings is 1. The highest BCUT2D eigenvalue weighted by molar-refractivity contribution is 6.32. The van der Waals surface area contributed by atoms with Gasteiger partial charge in [-0.05, 0) is 29.8 Å². The van der Waals surface area contributed by atoms with E-state index >= 15 is 0 Å². The Kier molecular flexibility index (Phi) is 7.63. The molecule has 5 rings (SSSR count). The summed E-state index contributed by atoms with van der Waals surface area (Å²) < 4.78 is 10.9. The molecule has 14 heteroatoms. The molecular weight excluding hydrogens is 546 g/mol. The first kappa shape index (κ1) is 29.1. The average molecular weight is 576 g/mol. The summed E-state index contributed by atoms with van der Waals surface area (Å²) in [6.07, 6.45) is -11.2. The number of allylic oxidation sites excluding steroid dienone is 1. The SMILES string of the molecule is O=C(/C=C/c1ccc(O)cc1)C1=C(O)c2cc(C3OCC(O)C3O)[nH]c2C(O)(C2OC(CO)C(O)C(O)C2O)C1=O. The van der Waals surface area contributed by atoms with Crippen molar-refractivity contribution in [1.82, 2.24) is 4.98 Å². The molecule has 0 radical (unpaired) electrons. The van der Waals surface area contributed by atoms with Crippen LogP contribution < -0.4 is 0 Å². The number of ketones is 2. The van der Waals surface area contributed by atoms with Gasteiger partial charge in [0.2, 0.25) is 5.78 Å². The van der Waals surface area contributed by atoms with Gasteiger partial charge in [-0.15, -0.1) is 0 Å². The molecule has 9 atom stereocenters. The number of nitrogens with one attached hydrogen (secondary N) is 1. The Balaban J connectivity index is 1.63. The number of phenols is 1. The van der Waals surface area contributed by atoms with Crippen molar-refractivity contribution in [2.45, 2.75) is 54.4 Å². The highest BCUT2D eigenvalue weighted by atomic mass is 16.6. The number of aliphatic hydroxyl groups excluding tert-OH is 7. The second-order valence-electron chi connectivity index (χ2n) is 10.2. The minimum Gasteiger partial charge on any atom is -0.508 e. The van der Waals surface area contributed by atoms with Gasteiger partial charge in [0.15, 0.2) is 11.4 Å². The molecule has 14 nitrogen and oxygen atoms in total. The van der Waals surface area contributed by atoms with Crippen molar-refractivity contribution in [2.24, 2.45) is 0 Å². The Labute approximate surface area is 231 Å². The lowest BCUT2D eigenvalue weighted by molar-refractivity contribution is -0.268. The molecule has 3 aliphatic rings. The highest BCUT2D eigenvalue weighted by Crippen LogP contribution is 2.46. The molecule has 0 spiro atoms. The number of H-pyrrole nitrogens is 1. The summed E-state index contributed by atoms with van der Waals surface area (Å²) in [4.78, 5) is 29.9. The topological polar surface area (TPSA) is 250 Å². The summed E-state index contributed by atoms with van der Waals surface area (Å²) in [6.45, 7) is -1.13. The molecule has 2 fully saturated rings. The van der Waals surface area contributed by atoms with E-state index in [-0.39, 0.29) is 23.6 Å². The third-order valence-corrected chi connectivity index (χ3v) is 7.61. The number of aromatic hydroxyl groups is 1. The van der Waals surface area contributed by atoms with Gasteiger partial charge in [-0.3, -0.25) is 9.59 Å². The van der Waals surface area contributed by atoms with Crippen molar-refractivity contribution < 1.29 is 65.0 Å². The lowest BCUT2D eigenvalue weighted by Gasteiger charge is -2.46. The summed E-state index contributed by atoms with van der Waals surface area (Å²) in [6, 6.07) is 6.83. The Morgan fingerprint density at radius 2 is 1.71 bits per heavy atom. The third kappa shape index (κ3) is 4.68. The number of rotatable bonds is 6. The van der Waals surface area contributed by atoms with Crippen molar-refractivity contribution in [3.63, 3.8) is 0 Å². The van der Waals surface area contributed by atoms with E-state index in [0.29, 0.717) is 5.56 Å². The Morgan fingerprint density at radius 3 is 2.32 bits per heavy atom. The van der Waals surface area contributed by atoms with Gasteiger partial charge in [0.05, 0.1) is 18.9 Å². The van der Waals surface area contributed by atoms with Crippen LogP contribution in [0.4, 0.5) is 0 Å². The molecule has 3 heterocycles. The van der Waals surface area contributed by atoms with Crippen molar-refractivity contribution in [2.75, 3.05) is 13.2 Å². The van der Waals surface area contributed by atoms with Gasteiger partial charge in [0.1, 0.15) is 65.9 Å². The summed E-state index contributed by atoms with van der Waals surface area (Å²) in [5.41, 5.74) is -4.29. The van der Waals surface area contributed by atoms with Crippen LogP contribution in [0.2, 0.25) is 0 Å². The summed E-state index contributed by atoms with van der Waals surface area (Å²) in [5, 5.41) is 93.9. The van der Waals surface area contributed by atoms with Crippen LogP contribution in [0.1, 0.15) is 28.6 Å². The van der Waals surface area contributed by atoms with Crippen LogP contribution >= 0.6 is 0 Å². The standard InChI is InChI=1S/C27H29NO13/c29-8-16-20(35)21(36)22(37)26(41-16)27(39)24-12(7-13(28-24)23-19(34)15(32)9-40-23)18(33)17(25(27)38)14(31)6-3-10-1-4-11(30)5-2-10/h1-7,15-16,19-23,26,28-30,32-37,39H,8-9H2/b6-3+. The lowest BCUT2D eigenvalue weighted by atomic mass is 9.73. The zero-order valence-corrected chi connectivity index (χ0v) is 21.2. The zero-order valence-electron chi connectivity index (χ0n) is 21.2. The second-order valence-corrected chi connectivity index (χ2v) is 10.2. The number of hydrogen-bond donors (Lipinski definition) is 10. The molecule has 41 heavy (non-hydrogen) atoms. The monoisotopic (exact) mass is 575 g/mol. The minimum absolute atomic E-state index is 0.0188. The predicted molar refractivity (Wildman–Crippen MR) is 136 cm³/mol. The number of phenolic OH excluding ortho intramolecular Hbond substituents is 1. The van der Waals surface area contributed by atoms with Gasteiger partial charge in [-0.2, -0.15) is 0 Å². The van der Waals surface area contributed by atoms with Gasteiger partial charge in [-0.25, -0.2) is 0 Å². The van der Waals surface area contributed by atoms with Gasteiger partial charge in [0.25, 0.3) is 0 Å². The number of carbonyl (C=O) groups excluding carboxylic acids is 2. The number of fused-ring (bicyclic) bond motifs is 1. The Morgan fingerprint density at radius 1 is 1.02 bits per heavy atom. The quantitative estimate of drug-likeness (QED) is 0.128. The van der Waals surface area contributed by atoms with Crippen molar-refractivity contribution >= 4 is 23.4 Å². The second kappa shape index (κ2) is 10.8. The van der Waals surface area contributed by atoms with Crippen LogP contribution in [0, 0.1) is 0 Å². The first-order valence-electron chi connectivity index (χ1n) is 12.6. The number of ether oxygens (including phenoxy) is 2. The normalized spacial score (nSPS) is 35.7. The van der Waals surface area contributed by atoms with Crippen LogP contribution in [-0.4, -0.2) is 118 Å². The zero-order chi connectivity index (χ0) is 29.8. The van der Waals surface area contributed by atoms with Crippen LogP contribution in [-0.2, 0) is 24.7 Å². The number of carbonyl (C=O) groups is 2. The third-order valence-electron chi connectivity index (χ3n) is 7.61. The lowest BCUT2D eigenvalue weighted by Crippen LogP contribution is -2.67. The first-order chi connectivity index (χ1) is 19.4. The fourth-order valence-corrected chi connectivity index (χ4v) is 5.33. The Bertz CT molecular complexity index is 1400. The van der Waals surface area contributed by atoms with Gasteiger partial charge in [0, 0.05) is 11.3 Å².